The molecule has 2 nitrogen and oxygen atoms in total. The summed E-state index contributed by atoms with van der Waals surface area (Å²) in [5.74, 6) is 1.04. The molecule has 0 aromatic heterocycles. The molecule has 14 heavy (non-hydrogen) atoms. The Balaban J connectivity index is 3.17. The van der Waals surface area contributed by atoms with Crippen molar-refractivity contribution in [2.75, 3.05) is 0 Å². The Bertz CT molecular complexity index is 319. The Hall–Kier alpha value is -1.31. The second-order valence-corrected chi connectivity index (χ2v) is 3.16. The molecule has 0 spiro atoms. The fourth-order valence-corrected chi connectivity index (χ4v) is 1.52. The van der Waals surface area contributed by atoms with E-state index in [-0.39, 0.29) is 0 Å². The Morgan fingerprint density at radius 3 is 2.50 bits per heavy atom. The maximum absolute atomic E-state index is 4.54. The van der Waals surface area contributed by atoms with Crippen LogP contribution in [0.4, 0.5) is 0 Å². The number of hydrogen-bond donors (Lipinski definition) is 1. The third kappa shape index (κ3) is 1.95. The largest absolute Gasteiger partial charge is 0.343 e. The summed E-state index contributed by atoms with van der Waals surface area (Å²) in [6.45, 7) is 10.1. The molecule has 0 atom stereocenters. The van der Waals surface area contributed by atoms with Crippen LogP contribution in [0.2, 0.25) is 0 Å². The molecule has 0 saturated heterocycles. The van der Waals surface area contributed by atoms with Gasteiger partial charge in [0.1, 0.15) is 5.84 Å². The van der Waals surface area contributed by atoms with Crippen LogP contribution < -0.4 is 5.32 Å². The molecule has 1 rings (SSSR count). The second kappa shape index (κ2) is 4.80. The average Bonchev–Trinajstić information content (AvgIpc) is 2.26. The van der Waals surface area contributed by atoms with Crippen molar-refractivity contribution in [2.45, 2.75) is 33.6 Å². The topological polar surface area (TPSA) is 24.4 Å². The van der Waals surface area contributed by atoms with Gasteiger partial charge in [0.05, 0.1) is 5.70 Å². The molecule has 0 bridgehead atoms. The molecule has 0 aromatic rings. The summed E-state index contributed by atoms with van der Waals surface area (Å²) in [5.41, 5.74) is 3.39. The first-order chi connectivity index (χ1) is 6.76. The SMILES string of the molecule is C=CC1=C(CC)N=C(CC)N/C1=C/C. The fourth-order valence-electron chi connectivity index (χ4n) is 1.52. The van der Waals surface area contributed by atoms with E-state index in [1.165, 1.54) is 0 Å². The van der Waals surface area contributed by atoms with Gasteiger partial charge >= 0.3 is 0 Å². The maximum Gasteiger partial charge on any atom is 0.106 e. The molecular weight excluding hydrogens is 172 g/mol. The molecule has 2 heteroatoms. The van der Waals surface area contributed by atoms with Crippen molar-refractivity contribution in [3.63, 3.8) is 0 Å². The summed E-state index contributed by atoms with van der Waals surface area (Å²) >= 11 is 0. The van der Waals surface area contributed by atoms with Gasteiger partial charge in [-0.15, -0.1) is 0 Å². The Labute approximate surface area is 86.1 Å². The molecule has 0 aliphatic carbocycles. The van der Waals surface area contributed by atoms with E-state index in [0.29, 0.717) is 0 Å². The Kier molecular flexibility index (Phi) is 3.69. The van der Waals surface area contributed by atoms with Crippen LogP contribution in [0.5, 0.6) is 0 Å². The molecule has 0 radical (unpaired) electrons. The summed E-state index contributed by atoms with van der Waals surface area (Å²) in [7, 11) is 0. The average molecular weight is 190 g/mol. The molecule has 1 aliphatic rings. The van der Waals surface area contributed by atoms with Crippen LogP contribution in [0.15, 0.2) is 40.7 Å². The molecule has 76 valence electrons. The van der Waals surface area contributed by atoms with Gasteiger partial charge in [-0.1, -0.05) is 32.6 Å². The van der Waals surface area contributed by atoms with Crippen LogP contribution >= 0.6 is 0 Å². The van der Waals surface area contributed by atoms with Gasteiger partial charge in [-0.05, 0) is 13.3 Å². The van der Waals surface area contributed by atoms with Gasteiger partial charge < -0.3 is 5.32 Å². The lowest BCUT2D eigenvalue weighted by atomic mass is 10.1. The minimum Gasteiger partial charge on any atom is -0.343 e. The minimum atomic E-state index is 0.936. The van der Waals surface area contributed by atoms with Gasteiger partial charge in [-0.3, -0.25) is 0 Å². The summed E-state index contributed by atoms with van der Waals surface area (Å²) in [6, 6.07) is 0. The van der Waals surface area contributed by atoms with Gasteiger partial charge in [0, 0.05) is 17.7 Å². The normalized spacial score (nSPS) is 19.4. The minimum absolute atomic E-state index is 0.936. The highest BCUT2D eigenvalue weighted by Crippen LogP contribution is 2.22. The molecule has 1 heterocycles. The van der Waals surface area contributed by atoms with E-state index < -0.39 is 0 Å². The van der Waals surface area contributed by atoms with Gasteiger partial charge in [-0.2, -0.15) is 0 Å². The van der Waals surface area contributed by atoms with Crippen molar-refractivity contribution in [2.24, 2.45) is 4.99 Å². The molecule has 0 fully saturated rings. The number of amidine groups is 1. The monoisotopic (exact) mass is 190 g/mol. The second-order valence-electron chi connectivity index (χ2n) is 3.16. The molecule has 0 aromatic carbocycles. The molecule has 1 N–H and O–H groups in total. The first kappa shape index (κ1) is 10.8. The van der Waals surface area contributed by atoms with Crippen LogP contribution in [-0.4, -0.2) is 5.84 Å². The number of nitrogens with zero attached hydrogens (tertiary/aromatic N) is 1. The van der Waals surface area contributed by atoms with Crippen molar-refractivity contribution in [3.05, 3.63) is 35.7 Å². The van der Waals surface area contributed by atoms with E-state index in [4.69, 9.17) is 0 Å². The highest BCUT2D eigenvalue weighted by molar-refractivity contribution is 5.87. The number of hydrogen-bond acceptors (Lipinski definition) is 2. The molecular formula is C12H18N2. The smallest absolute Gasteiger partial charge is 0.106 e. The zero-order valence-electron chi connectivity index (χ0n) is 9.22. The van der Waals surface area contributed by atoms with Crippen LogP contribution in [0.25, 0.3) is 0 Å². The highest BCUT2D eigenvalue weighted by Gasteiger charge is 2.13. The van der Waals surface area contributed by atoms with Crippen molar-refractivity contribution >= 4 is 5.84 Å². The van der Waals surface area contributed by atoms with E-state index in [1.54, 1.807) is 0 Å². The number of nitrogens with one attached hydrogen (secondary N) is 1. The van der Waals surface area contributed by atoms with Crippen LogP contribution in [-0.2, 0) is 0 Å². The summed E-state index contributed by atoms with van der Waals surface area (Å²) in [4.78, 5) is 4.54. The van der Waals surface area contributed by atoms with Crippen LogP contribution in [0.1, 0.15) is 33.6 Å². The van der Waals surface area contributed by atoms with E-state index >= 15 is 0 Å². The van der Waals surface area contributed by atoms with E-state index in [1.807, 2.05) is 13.0 Å². The fraction of sp³-hybridized carbons (Fsp3) is 0.417. The van der Waals surface area contributed by atoms with Gasteiger partial charge in [0.2, 0.25) is 0 Å². The lowest BCUT2D eigenvalue weighted by Gasteiger charge is -2.20. The summed E-state index contributed by atoms with van der Waals surface area (Å²) < 4.78 is 0. The Morgan fingerprint density at radius 2 is 2.07 bits per heavy atom. The third-order valence-electron chi connectivity index (χ3n) is 2.31. The number of allylic oxidation sites excluding steroid dienone is 3. The predicted molar refractivity (Wildman–Crippen MR) is 62.1 cm³/mol. The highest BCUT2D eigenvalue weighted by atomic mass is 15.0. The predicted octanol–water partition coefficient (Wildman–Crippen LogP) is 3.15. The molecule has 1 aliphatic heterocycles. The zero-order chi connectivity index (χ0) is 10.6. The zero-order valence-corrected chi connectivity index (χ0v) is 9.22. The number of aliphatic imine (C=N–C) groups is 1. The van der Waals surface area contributed by atoms with Crippen molar-refractivity contribution in [1.82, 2.24) is 5.32 Å². The summed E-state index contributed by atoms with van der Waals surface area (Å²) in [5, 5.41) is 3.30. The number of rotatable bonds is 3. The van der Waals surface area contributed by atoms with Gasteiger partial charge in [0.25, 0.3) is 0 Å². The van der Waals surface area contributed by atoms with E-state index in [0.717, 1.165) is 35.6 Å². The molecule has 0 saturated carbocycles. The van der Waals surface area contributed by atoms with Crippen LogP contribution in [0, 0.1) is 0 Å². The van der Waals surface area contributed by atoms with Crippen molar-refractivity contribution < 1.29 is 0 Å². The van der Waals surface area contributed by atoms with E-state index in [2.05, 4.69) is 36.8 Å². The Morgan fingerprint density at radius 1 is 1.36 bits per heavy atom. The maximum atomic E-state index is 4.54. The molecule has 0 amide bonds. The lowest BCUT2D eigenvalue weighted by Crippen LogP contribution is -2.26. The quantitative estimate of drug-likeness (QED) is 0.726. The third-order valence-corrected chi connectivity index (χ3v) is 2.31. The van der Waals surface area contributed by atoms with Crippen molar-refractivity contribution in [3.8, 4) is 0 Å². The summed E-state index contributed by atoms with van der Waals surface area (Å²) in [6.07, 6.45) is 5.82. The first-order valence-electron chi connectivity index (χ1n) is 5.13. The lowest BCUT2D eigenvalue weighted by molar-refractivity contribution is 0.946. The standard InChI is InChI=1S/C12H18N2/c1-5-9-10(6-2)13-12(8-4)14-11(9)7-3/h5-6H,1,7-8H2,2-4H3,(H,13,14)/b10-6+. The van der Waals surface area contributed by atoms with Gasteiger partial charge in [0.15, 0.2) is 0 Å². The van der Waals surface area contributed by atoms with E-state index in [9.17, 15) is 0 Å². The first-order valence-corrected chi connectivity index (χ1v) is 5.13. The van der Waals surface area contributed by atoms with Crippen molar-refractivity contribution in [1.29, 1.82) is 0 Å². The van der Waals surface area contributed by atoms with Gasteiger partial charge in [-0.25, -0.2) is 4.99 Å². The molecule has 0 unspecified atom stereocenters. The van der Waals surface area contributed by atoms with Crippen LogP contribution in [0.3, 0.4) is 0 Å².